The van der Waals surface area contributed by atoms with E-state index in [2.05, 4.69) is 0 Å². The Labute approximate surface area is 324 Å². The predicted molar refractivity (Wildman–Crippen MR) is 189 cm³/mol. The molecule has 10 atom stereocenters. The lowest BCUT2D eigenvalue weighted by Crippen LogP contribution is -2.67. The number of ketones is 1. The van der Waals surface area contributed by atoms with Crippen LogP contribution in [0.1, 0.15) is 51.7 Å². The Balaban J connectivity index is 1.74. The van der Waals surface area contributed by atoms with Gasteiger partial charge in [0.1, 0.15) is 43.4 Å². The summed E-state index contributed by atoms with van der Waals surface area (Å²) >= 11 is 0. The molecule has 2 aromatic carbocycles. The Morgan fingerprint density at radius 1 is 0.571 bits per heavy atom. The third-order valence-electron chi connectivity index (χ3n) is 8.65. The van der Waals surface area contributed by atoms with Gasteiger partial charge in [0.25, 0.3) is 0 Å². The highest BCUT2D eigenvalue weighted by Crippen LogP contribution is 2.35. The summed E-state index contributed by atoms with van der Waals surface area (Å²) in [5, 5.41) is 0. The number of Topliss-reactive ketones (excluding diaryl/α,β-unsaturated/α-hetero) is 1. The van der Waals surface area contributed by atoms with Crippen LogP contribution in [0.4, 0.5) is 0 Å². The van der Waals surface area contributed by atoms with E-state index in [0.717, 1.165) is 20.8 Å². The van der Waals surface area contributed by atoms with E-state index in [1.54, 1.807) is 54.6 Å². The fourth-order valence-electron chi connectivity index (χ4n) is 6.11. The van der Waals surface area contributed by atoms with E-state index in [9.17, 15) is 28.8 Å². The molecule has 0 aliphatic carbocycles. The van der Waals surface area contributed by atoms with Crippen LogP contribution in [0.3, 0.4) is 0 Å². The molecule has 0 radical (unpaired) electrons. The number of ether oxygens (including phenoxy) is 11. The zero-order valence-corrected chi connectivity index (χ0v) is 32.0. The molecule has 2 aliphatic heterocycles. The van der Waals surface area contributed by atoms with E-state index in [1.165, 1.54) is 21.1 Å². The smallest absolute Gasteiger partial charge is 0.339 e. The second kappa shape index (κ2) is 21.5. The Morgan fingerprint density at radius 3 is 1.73 bits per heavy atom. The number of hydrogen-bond donors (Lipinski definition) is 0. The minimum Gasteiger partial charge on any atom is -0.463 e. The summed E-state index contributed by atoms with van der Waals surface area (Å²) in [6.45, 7) is 4.06. The Hall–Kier alpha value is -4.78. The van der Waals surface area contributed by atoms with E-state index in [4.69, 9.17) is 52.1 Å². The first-order chi connectivity index (χ1) is 26.8. The maximum atomic E-state index is 13.8. The molecule has 2 heterocycles. The monoisotopic (exact) mass is 788 g/mol. The first-order valence-electron chi connectivity index (χ1n) is 17.9. The summed E-state index contributed by atoms with van der Waals surface area (Å²) < 4.78 is 64.4. The molecule has 2 aliphatic rings. The number of carbonyl (C=O) groups is 6. The molecule has 2 fully saturated rings. The lowest BCUT2D eigenvalue weighted by atomic mass is 9.95. The SMILES string of the molecule is CO[C@@H]1[C@@H](OC)[C@H](O[C@H]2[C@H](OC(C)=O)[C@@H](OCc3ccccc3)C(OC(C)=O)O[C@@H]2COC(C)=O)O[C@H](C(=O)OCc2ccccc2)[C@H]1OC(=O)CCC(C)=O. The Kier molecular flexibility index (Phi) is 16.9. The molecule has 2 aromatic rings. The van der Waals surface area contributed by atoms with Crippen LogP contribution in [0, 0.1) is 0 Å². The van der Waals surface area contributed by atoms with Crippen LogP contribution in [-0.2, 0) is 94.1 Å². The van der Waals surface area contributed by atoms with Crippen LogP contribution >= 0.6 is 0 Å². The van der Waals surface area contributed by atoms with Crippen LogP contribution in [0.2, 0.25) is 0 Å². The van der Waals surface area contributed by atoms with Crippen LogP contribution in [-0.4, -0.2) is 118 Å². The van der Waals surface area contributed by atoms with Gasteiger partial charge in [-0.05, 0) is 18.1 Å². The van der Waals surface area contributed by atoms with Gasteiger partial charge in [-0.25, -0.2) is 4.79 Å². The largest absolute Gasteiger partial charge is 0.463 e. The van der Waals surface area contributed by atoms with Crippen molar-refractivity contribution >= 4 is 35.6 Å². The van der Waals surface area contributed by atoms with Gasteiger partial charge < -0.3 is 56.9 Å². The number of rotatable bonds is 18. The Morgan fingerprint density at radius 2 is 1.18 bits per heavy atom. The van der Waals surface area contributed by atoms with Gasteiger partial charge in [0.05, 0.1) is 13.0 Å². The molecule has 0 amide bonds. The second-order valence-electron chi connectivity index (χ2n) is 13.0. The maximum absolute atomic E-state index is 13.8. The number of esters is 5. The van der Waals surface area contributed by atoms with Crippen molar-refractivity contribution in [2.24, 2.45) is 0 Å². The van der Waals surface area contributed by atoms with E-state index in [1.807, 2.05) is 6.07 Å². The van der Waals surface area contributed by atoms with Gasteiger partial charge in [-0.3, -0.25) is 19.2 Å². The van der Waals surface area contributed by atoms with Crippen LogP contribution in [0.5, 0.6) is 0 Å². The van der Waals surface area contributed by atoms with Crippen molar-refractivity contribution < 1.29 is 80.9 Å². The van der Waals surface area contributed by atoms with Crippen LogP contribution in [0.25, 0.3) is 0 Å². The molecular formula is C39H48O17. The predicted octanol–water partition coefficient (Wildman–Crippen LogP) is 2.52. The van der Waals surface area contributed by atoms with Gasteiger partial charge >= 0.3 is 29.8 Å². The minimum atomic E-state index is -1.69. The molecule has 2 saturated heterocycles. The van der Waals surface area contributed by atoms with Crippen molar-refractivity contribution in [1.29, 1.82) is 0 Å². The normalized spacial score (nSPS) is 27.3. The standard InChI is InChI=1S/C39H48O17/c1-22(40)17-18-29(44)54-33-31(46-5)35(47-6)38(56-34(33)37(45)50-20-27-15-11-8-12-16-27)55-30-28(21-48-23(2)41)53-39(52-25(4)43)36(32(30)51-24(3)42)49-19-26-13-9-7-10-14-26/h7-16,28,30-36,38-39H,17-21H2,1-6H3/t28-,30-,31+,32+,33+,34+,35-,36-,38-,39?/m1/s1. The highest BCUT2D eigenvalue weighted by atomic mass is 16.8. The van der Waals surface area contributed by atoms with Crippen molar-refractivity contribution in [1.82, 2.24) is 0 Å². The van der Waals surface area contributed by atoms with Crippen molar-refractivity contribution in [2.75, 3.05) is 20.8 Å². The quantitative estimate of drug-likeness (QED) is 0.157. The van der Waals surface area contributed by atoms with Crippen molar-refractivity contribution in [3.63, 3.8) is 0 Å². The highest BCUT2D eigenvalue weighted by molar-refractivity contribution is 5.81. The van der Waals surface area contributed by atoms with Gasteiger partial charge in [-0.2, -0.15) is 0 Å². The molecule has 0 saturated carbocycles. The first-order valence-corrected chi connectivity index (χ1v) is 17.9. The number of hydrogen-bond acceptors (Lipinski definition) is 17. The van der Waals surface area contributed by atoms with E-state index >= 15 is 0 Å². The summed E-state index contributed by atoms with van der Waals surface area (Å²) in [4.78, 5) is 75.4. The number of methoxy groups -OCH3 is 2. The van der Waals surface area contributed by atoms with E-state index < -0.39 is 97.9 Å². The van der Waals surface area contributed by atoms with Crippen molar-refractivity contribution in [3.8, 4) is 0 Å². The lowest BCUT2D eigenvalue weighted by Gasteiger charge is -2.48. The van der Waals surface area contributed by atoms with E-state index in [-0.39, 0.29) is 31.8 Å². The molecule has 306 valence electrons. The van der Waals surface area contributed by atoms with Gasteiger partial charge in [0.15, 0.2) is 30.7 Å². The molecule has 0 aromatic heterocycles. The van der Waals surface area contributed by atoms with Crippen molar-refractivity contribution in [2.45, 2.75) is 115 Å². The molecule has 56 heavy (non-hydrogen) atoms. The average Bonchev–Trinajstić information content (AvgIpc) is 3.16. The lowest BCUT2D eigenvalue weighted by molar-refractivity contribution is -0.359. The summed E-state index contributed by atoms with van der Waals surface area (Å²) in [6.07, 6.45) is -14.6. The molecule has 1 unspecified atom stereocenters. The third-order valence-corrected chi connectivity index (χ3v) is 8.65. The minimum absolute atomic E-state index is 0.0515. The molecule has 0 N–H and O–H groups in total. The fourth-order valence-corrected chi connectivity index (χ4v) is 6.11. The maximum Gasteiger partial charge on any atom is 0.339 e. The fraction of sp³-hybridized carbons (Fsp3) is 0.538. The third kappa shape index (κ3) is 12.6. The van der Waals surface area contributed by atoms with Gasteiger partial charge in [-0.1, -0.05) is 60.7 Å². The molecule has 0 spiro atoms. The van der Waals surface area contributed by atoms with Gasteiger partial charge in [-0.15, -0.1) is 0 Å². The number of benzene rings is 2. The molecular weight excluding hydrogens is 740 g/mol. The topological polar surface area (TPSA) is 204 Å². The summed E-state index contributed by atoms with van der Waals surface area (Å²) in [7, 11) is 2.58. The molecule has 17 heteroatoms. The zero-order valence-electron chi connectivity index (χ0n) is 32.0. The van der Waals surface area contributed by atoms with Gasteiger partial charge in [0, 0.05) is 41.4 Å². The zero-order chi connectivity index (χ0) is 40.8. The number of carbonyl (C=O) groups excluding carboxylic acids is 6. The summed E-state index contributed by atoms with van der Waals surface area (Å²) in [6, 6.07) is 17.7. The van der Waals surface area contributed by atoms with E-state index in [0.29, 0.717) is 11.1 Å². The summed E-state index contributed by atoms with van der Waals surface area (Å²) in [5.74, 6) is -4.27. The molecule has 4 rings (SSSR count). The van der Waals surface area contributed by atoms with Crippen molar-refractivity contribution in [3.05, 3.63) is 71.8 Å². The first kappa shape index (κ1) is 43.9. The molecule has 17 nitrogen and oxygen atoms in total. The van der Waals surface area contributed by atoms with Gasteiger partial charge in [0.2, 0.25) is 6.29 Å². The van der Waals surface area contributed by atoms with Crippen LogP contribution in [0.15, 0.2) is 60.7 Å². The Bertz CT molecular complexity index is 1620. The average molecular weight is 789 g/mol. The second-order valence-corrected chi connectivity index (χ2v) is 13.0. The van der Waals surface area contributed by atoms with Crippen LogP contribution < -0.4 is 0 Å². The molecule has 0 bridgehead atoms. The highest BCUT2D eigenvalue weighted by Gasteiger charge is 2.57. The summed E-state index contributed by atoms with van der Waals surface area (Å²) in [5.41, 5.74) is 1.37.